The number of hydrogen-bond donors (Lipinski definition) is 6. The fourth-order valence-electron chi connectivity index (χ4n) is 1.20. The molecule has 12 heteroatoms. The third kappa shape index (κ3) is 8.42. The molecule has 0 saturated carbocycles. The Balaban J connectivity index is 0. The third-order valence-corrected chi connectivity index (χ3v) is 2.48. The molecule has 0 fully saturated rings. The van der Waals surface area contributed by atoms with Gasteiger partial charge in [-0.15, -0.1) is 0 Å². The second kappa shape index (κ2) is 12.9. The Morgan fingerprint density at radius 2 is 1.67 bits per heavy atom. The zero-order valence-electron chi connectivity index (χ0n) is 12.6. The number of aliphatic hydroxyl groups is 4. The molecule has 0 spiro atoms. The minimum Gasteiger partial charge on any atom is -0.547 e. The van der Waals surface area contributed by atoms with Crippen LogP contribution in [0.1, 0.15) is 10.4 Å². The molecule has 0 aromatic carbocycles. The van der Waals surface area contributed by atoms with Gasteiger partial charge in [-0.2, -0.15) is 0 Å². The van der Waals surface area contributed by atoms with E-state index in [1.54, 1.807) is 12.1 Å². The summed E-state index contributed by atoms with van der Waals surface area (Å²) in [6.45, 7) is 0. The van der Waals surface area contributed by atoms with Crippen LogP contribution in [0.3, 0.4) is 0 Å². The van der Waals surface area contributed by atoms with Gasteiger partial charge in [-0.25, -0.2) is 5.84 Å². The number of nitrogens with one attached hydrogen (secondary N) is 1. The summed E-state index contributed by atoms with van der Waals surface area (Å²) in [5.74, 6) is 2.57. The fourth-order valence-corrected chi connectivity index (χ4v) is 1.20. The van der Waals surface area contributed by atoms with Crippen LogP contribution in [0.15, 0.2) is 24.5 Å². The molecule has 1 rings (SSSR count). The van der Waals surface area contributed by atoms with Crippen LogP contribution >= 0.6 is 0 Å². The molecule has 128 valence electrons. The summed E-state index contributed by atoms with van der Waals surface area (Å²) in [4.78, 5) is 34.3. The molecule has 0 aliphatic heterocycles. The second-order valence-corrected chi connectivity index (χ2v) is 4.08. The number of carbonyl (C=O) groups is 3. The van der Waals surface area contributed by atoms with Crippen molar-refractivity contribution >= 4 is 18.2 Å². The van der Waals surface area contributed by atoms with Gasteiger partial charge < -0.3 is 35.1 Å². The Hall–Kier alpha value is -1.44. The molecule has 0 unspecified atom stereocenters. The Labute approximate surface area is 158 Å². The number of carbonyl (C=O) groups excluding carboxylic acids is 3. The number of nitrogens with two attached hydrogens (primary N) is 1. The van der Waals surface area contributed by atoms with Gasteiger partial charge in [0.15, 0.2) is 6.29 Å². The average Bonchev–Trinajstić information content (AvgIpc) is 2.59. The topological polar surface area (TPSA) is 206 Å². The van der Waals surface area contributed by atoms with Crippen LogP contribution in [0.2, 0.25) is 0 Å². The van der Waals surface area contributed by atoms with Crippen molar-refractivity contribution in [1.29, 1.82) is 0 Å². The van der Waals surface area contributed by atoms with Crippen LogP contribution < -0.4 is 45.9 Å². The molecule has 24 heavy (non-hydrogen) atoms. The van der Waals surface area contributed by atoms with Gasteiger partial charge in [0.25, 0.3) is 5.91 Å². The van der Waals surface area contributed by atoms with Crippen LogP contribution in [0.4, 0.5) is 0 Å². The smallest absolute Gasteiger partial charge is 0.547 e. The number of nitrogen functional groups attached to an aromatic ring is 1. The summed E-state index contributed by atoms with van der Waals surface area (Å²) < 4.78 is 0. The van der Waals surface area contributed by atoms with E-state index < -0.39 is 30.4 Å². The molecule has 1 heterocycles. The van der Waals surface area contributed by atoms with Crippen molar-refractivity contribution in [3.8, 4) is 0 Å². The molecule has 0 bridgehead atoms. The van der Waals surface area contributed by atoms with E-state index in [1.807, 2.05) is 5.43 Å². The third-order valence-electron chi connectivity index (χ3n) is 2.48. The first-order valence-electron chi connectivity index (χ1n) is 6.05. The van der Waals surface area contributed by atoms with E-state index in [-0.39, 0.29) is 41.8 Å². The zero-order valence-corrected chi connectivity index (χ0v) is 14.6. The number of carboxylic acids is 1. The predicted octanol–water partition coefficient (Wildman–Crippen LogP) is -7.93. The van der Waals surface area contributed by atoms with Crippen molar-refractivity contribution in [2.24, 2.45) is 5.84 Å². The first kappa shape index (κ1) is 24.8. The number of pyridine rings is 1. The molecular formula is C12H16N3NaO8. The van der Waals surface area contributed by atoms with Crippen LogP contribution in [-0.2, 0) is 9.59 Å². The van der Waals surface area contributed by atoms with Gasteiger partial charge in [0.05, 0.1) is 5.97 Å². The number of aldehydes is 1. The van der Waals surface area contributed by atoms with Crippen molar-refractivity contribution < 1.29 is 69.5 Å². The molecule has 4 atom stereocenters. The Bertz CT molecular complexity index is 518. The first-order chi connectivity index (χ1) is 10.8. The molecule has 0 aliphatic carbocycles. The first-order valence-corrected chi connectivity index (χ1v) is 6.05. The number of hydrazine groups is 1. The van der Waals surface area contributed by atoms with E-state index in [2.05, 4.69) is 4.98 Å². The van der Waals surface area contributed by atoms with Crippen molar-refractivity contribution in [2.75, 3.05) is 0 Å². The van der Waals surface area contributed by atoms with Gasteiger partial charge in [-0.3, -0.25) is 15.2 Å². The summed E-state index contributed by atoms with van der Waals surface area (Å²) in [6, 6.07) is 3.17. The van der Waals surface area contributed by atoms with Crippen LogP contribution in [-0.4, -0.2) is 68.0 Å². The summed E-state index contributed by atoms with van der Waals surface area (Å²) in [6.07, 6.45) is -5.59. The summed E-state index contributed by atoms with van der Waals surface area (Å²) in [7, 11) is 0. The maximum absolute atomic E-state index is 10.7. The molecule has 7 N–H and O–H groups in total. The number of rotatable bonds is 6. The molecule has 1 amide bonds. The van der Waals surface area contributed by atoms with Gasteiger partial charge in [0.1, 0.15) is 24.4 Å². The minimum absolute atomic E-state index is 0. The van der Waals surface area contributed by atoms with E-state index in [9.17, 15) is 19.5 Å². The molecule has 1 aromatic heterocycles. The van der Waals surface area contributed by atoms with E-state index >= 15 is 0 Å². The van der Waals surface area contributed by atoms with Gasteiger partial charge in [0.2, 0.25) is 0 Å². The van der Waals surface area contributed by atoms with E-state index in [4.69, 9.17) is 26.3 Å². The Morgan fingerprint density at radius 1 is 1.17 bits per heavy atom. The van der Waals surface area contributed by atoms with Crippen LogP contribution in [0.25, 0.3) is 0 Å². The molecular weight excluding hydrogens is 337 g/mol. The Morgan fingerprint density at radius 3 is 2.04 bits per heavy atom. The van der Waals surface area contributed by atoms with Crippen molar-refractivity contribution in [2.45, 2.75) is 24.4 Å². The number of carboxylic acid groups (broad SMARTS) is 1. The number of hydrogen-bond acceptors (Lipinski definition) is 10. The van der Waals surface area contributed by atoms with Crippen molar-refractivity contribution in [3.63, 3.8) is 0 Å². The van der Waals surface area contributed by atoms with E-state index in [0.717, 1.165) is 0 Å². The summed E-state index contributed by atoms with van der Waals surface area (Å²) >= 11 is 0. The van der Waals surface area contributed by atoms with Crippen LogP contribution in [0, 0.1) is 0 Å². The fraction of sp³-hybridized carbons (Fsp3) is 0.333. The monoisotopic (exact) mass is 353 g/mol. The number of aromatic nitrogens is 1. The standard InChI is InChI=1S/C6H7N3O.C6H10O7.Na/c7-9-6(10)5-1-3-8-4-2-5;7-1-2(8)3(9)4(10)5(11)6(12)13;/h1-4H,7H2,(H,9,10);1-5,8-11H,(H,12,13);/q;;+1/p-1/t;2-,3+,4-,5-;/m.0./s1. The maximum Gasteiger partial charge on any atom is 1.00 e. The largest absolute Gasteiger partial charge is 1.00 e. The Kier molecular flexibility index (Phi) is 13.4. The van der Waals surface area contributed by atoms with Crippen molar-refractivity contribution in [3.05, 3.63) is 30.1 Å². The molecule has 0 saturated heterocycles. The van der Waals surface area contributed by atoms with E-state index in [0.29, 0.717) is 5.56 Å². The van der Waals surface area contributed by atoms with Gasteiger partial charge in [-0.1, -0.05) is 0 Å². The SMILES string of the molecule is NNC(=O)c1ccncc1.O=C[C@H](O)[C@@H](O)[C@H](O)[C@H](O)C(=O)[O-].[Na+]. The number of amides is 1. The van der Waals surface area contributed by atoms with Crippen molar-refractivity contribution in [1.82, 2.24) is 10.4 Å². The second-order valence-electron chi connectivity index (χ2n) is 4.08. The number of aliphatic hydroxyl groups excluding tert-OH is 4. The van der Waals surface area contributed by atoms with Gasteiger partial charge in [0, 0.05) is 18.0 Å². The average molecular weight is 353 g/mol. The normalized spacial score (nSPS) is 14.5. The quantitative estimate of drug-likeness (QED) is 0.0935. The van der Waals surface area contributed by atoms with E-state index in [1.165, 1.54) is 12.4 Å². The number of nitrogens with zero attached hydrogens (tertiary/aromatic N) is 1. The molecule has 1 aromatic rings. The maximum atomic E-state index is 10.7. The molecule has 11 nitrogen and oxygen atoms in total. The molecule has 0 radical (unpaired) electrons. The van der Waals surface area contributed by atoms with Gasteiger partial charge >= 0.3 is 29.6 Å². The minimum atomic E-state index is -2.36. The summed E-state index contributed by atoms with van der Waals surface area (Å²) in [5.41, 5.74) is 2.53. The number of aliphatic carboxylic acids is 1. The predicted molar refractivity (Wildman–Crippen MR) is 71.0 cm³/mol. The summed E-state index contributed by atoms with van der Waals surface area (Å²) in [5, 5.41) is 44.8. The zero-order chi connectivity index (χ0) is 18.0. The van der Waals surface area contributed by atoms with Gasteiger partial charge in [-0.05, 0) is 12.1 Å². The molecule has 0 aliphatic rings. The van der Waals surface area contributed by atoms with Crippen LogP contribution in [0.5, 0.6) is 0 Å².